The lowest BCUT2D eigenvalue weighted by molar-refractivity contribution is -0.140. The number of carbonyl (C=O) groups excluding carboxylic acids is 1. The number of esters is 1. The molecule has 10 nitrogen and oxygen atoms in total. The van der Waals surface area contributed by atoms with Gasteiger partial charge in [0, 0.05) is 26.1 Å². The van der Waals surface area contributed by atoms with Crippen molar-refractivity contribution in [3.05, 3.63) is 11.5 Å². The van der Waals surface area contributed by atoms with Crippen LogP contribution in [-0.4, -0.2) is 73.5 Å². The summed E-state index contributed by atoms with van der Waals surface area (Å²) in [6, 6.07) is 0. The largest absolute Gasteiger partial charge is 0.469 e. The molecule has 0 aliphatic carbocycles. The molecule has 0 saturated carbocycles. The Bertz CT molecular complexity index is 672. The van der Waals surface area contributed by atoms with E-state index in [9.17, 15) is 9.36 Å². The minimum absolute atomic E-state index is 0.187. The van der Waals surface area contributed by atoms with Crippen LogP contribution in [0.2, 0.25) is 5.15 Å². The summed E-state index contributed by atoms with van der Waals surface area (Å²) >= 11 is 5.90. The number of nitrogens with zero attached hydrogens (tertiary/aromatic N) is 3. The van der Waals surface area contributed by atoms with E-state index in [2.05, 4.69) is 24.9 Å². The van der Waals surface area contributed by atoms with Gasteiger partial charge >= 0.3 is 13.6 Å². The van der Waals surface area contributed by atoms with Crippen molar-refractivity contribution in [2.75, 3.05) is 63.7 Å². The molecule has 1 aromatic rings. The van der Waals surface area contributed by atoms with Crippen molar-refractivity contribution in [2.45, 2.75) is 26.7 Å². The van der Waals surface area contributed by atoms with Crippen molar-refractivity contribution in [1.82, 2.24) is 14.9 Å². The van der Waals surface area contributed by atoms with Gasteiger partial charge in [-0.2, -0.15) is 0 Å². The van der Waals surface area contributed by atoms with E-state index >= 15 is 0 Å². The number of anilines is 2. The van der Waals surface area contributed by atoms with Gasteiger partial charge in [0.25, 0.3) is 0 Å². The fourth-order valence-corrected chi connectivity index (χ4v) is 4.34. The van der Waals surface area contributed by atoms with Gasteiger partial charge in [-0.15, -0.1) is 0 Å². The van der Waals surface area contributed by atoms with Crippen LogP contribution in [-0.2, 0) is 23.1 Å². The Labute approximate surface area is 177 Å². The number of rotatable bonds is 15. The monoisotopic (exact) mass is 451 g/mol. The molecule has 0 amide bonds. The number of halogens is 1. The van der Waals surface area contributed by atoms with Gasteiger partial charge < -0.3 is 29.7 Å². The molecular formula is C17H31ClN5O5P. The predicted molar refractivity (Wildman–Crippen MR) is 113 cm³/mol. The number of carbonyl (C=O) groups is 1. The molecular weight excluding hydrogens is 421 g/mol. The predicted octanol–water partition coefficient (Wildman–Crippen LogP) is 2.65. The summed E-state index contributed by atoms with van der Waals surface area (Å²) in [5.41, 5.74) is 6.14. The van der Waals surface area contributed by atoms with Gasteiger partial charge in [0.05, 0.1) is 26.5 Å². The Kier molecular flexibility index (Phi) is 12.1. The van der Waals surface area contributed by atoms with Crippen molar-refractivity contribution in [2.24, 2.45) is 0 Å². The van der Waals surface area contributed by atoms with Crippen molar-refractivity contribution in [1.29, 1.82) is 0 Å². The number of hydrogen-bond acceptors (Lipinski definition) is 10. The number of methoxy groups -OCH3 is 1. The molecule has 0 radical (unpaired) electrons. The Balaban J connectivity index is 2.65. The van der Waals surface area contributed by atoms with Crippen LogP contribution in [0.5, 0.6) is 0 Å². The number of aromatic nitrogens is 2. The smallest absolute Gasteiger partial charge is 0.331 e. The maximum absolute atomic E-state index is 12.7. The average molecular weight is 452 g/mol. The number of nitrogens with one attached hydrogen (secondary N) is 1. The summed E-state index contributed by atoms with van der Waals surface area (Å²) in [6.07, 6.45) is 2.51. The first-order valence-corrected chi connectivity index (χ1v) is 11.6. The SMILES string of the molecule is CCOP(=O)(CCN(CCCC(=O)OC)CCNc1ncnc(Cl)c1N)OCC. The number of hydrogen-bond donors (Lipinski definition) is 2. The quantitative estimate of drug-likeness (QED) is 0.233. The second kappa shape index (κ2) is 13.7. The number of nitrogen functional groups attached to an aromatic ring is 1. The van der Waals surface area contributed by atoms with E-state index in [0.717, 1.165) is 0 Å². The summed E-state index contributed by atoms with van der Waals surface area (Å²) in [4.78, 5) is 21.3. The van der Waals surface area contributed by atoms with Crippen LogP contribution in [0.3, 0.4) is 0 Å². The van der Waals surface area contributed by atoms with Crippen molar-refractivity contribution in [3.63, 3.8) is 0 Å². The normalized spacial score (nSPS) is 11.6. The van der Waals surface area contributed by atoms with Crippen LogP contribution in [0.15, 0.2) is 6.33 Å². The molecule has 3 N–H and O–H groups in total. The highest BCUT2D eigenvalue weighted by molar-refractivity contribution is 7.53. The topological polar surface area (TPSA) is 129 Å². The highest BCUT2D eigenvalue weighted by Crippen LogP contribution is 2.47. The molecule has 0 aliphatic heterocycles. The molecule has 1 aromatic heterocycles. The lowest BCUT2D eigenvalue weighted by atomic mass is 10.3. The maximum atomic E-state index is 12.7. The number of ether oxygens (including phenoxy) is 1. The summed E-state index contributed by atoms with van der Waals surface area (Å²) in [7, 11) is -1.78. The zero-order valence-corrected chi connectivity index (χ0v) is 18.9. The molecule has 1 heterocycles. The van der Waals surface area contributed by atoms with E-state index in [1.165, 1.54) is 13.4 Å². The first kappa shape index (κ1) is 25.6. The van der Waals surface area contributed by atoms with Gasteiger partial charge in [0.1, 0.15) is 12.0 Å². The summed E-state index contributed by atoms with van der Waals surface area (Å²) in [5, 5.41) is 3.30. The molecule has 0 unspecified atom stereocenters. The highest BCUT2D eigenvalue weighted by Gasteiger charge is 2.24. The zero-order chi connectivity index (χ0) is 21.7. The second-order valence-electron chi connectivity index (χ2n) is 6.04. The van der Waals surface area contributed by atoms with Crippen LogP contribution >= 0.6 is 19.2 Å². The van der Waals surface area contributed by atoms with Gasteiger partial charge in [-0.05, 0) is 26.8 Å². The van der Waals surface area contributed by atoms with Crippen LogP contribution in [0.1, 0.15) is 26.7 Å². The van der Waals surface area contributed by atoms with E-state index in [1.54, 1.807) is 13.8 Å². The van der Waals surface area contributed by atoms with Crippen LogP contribution < -0.4 is 11.1 Å². The minimum Gasteiger partial charge on any atom is -0.469 e. The fourth-order valence-electron chi connectivity index (χ4n) is 2.56. The van der Waals surface area contributed by atoms with Crippen LogP contribution in [0.4, 0.5) is 11.5 Å². The molecule has 0 spiro atoms. The molecule has 0 aliphatic rings. The first-order chi connectivity index (χ1) is 13.8. The van der Waals surface area contributed by atoms with Gasteiger partial charge in [0.15, 0.2) is 11.0 Å². The molecule has 0 bridgehead atoms. The summed E-state index contributed by atoms with van der Waals surface area (Å²) < 4.78 is 28.1. The molecule has 12 heteroatoms. The van der Waals surface area contributed by atoms with E-state index in [-0.39, 0.29) is 23.0 Å². The van der Waals surface area contributed by atoms with Crippen molar-refractivity contribution >= 4 is 36.7 Å². The van der Waals surface area contributed by atoms with Crippen LogP contribution in [0.25, 0.3) is 0 Å². The molecule has 0 fully saturated rings. The number of nitrogens with two attached hydrogens (primary N) is 1. The lowest BCUT2D eigenvalue weighted by Crippen LogP contribution is -2.33. The lowest BCUT2D eigenvalue weighted by Gasteiger charge is -2.25. The third kappa shape index (κ3) is 9.73. The Morgan fingerprint density at radius 3 is 2.55 bits per heavy atom. The zero-order valence-electron chi connectivity index (χ0n) is 17.2. The minimum atomic E-state index is -3.15. The summed E-state index contributed by atoms with van der Waals surface area (Å²) in [5.74, 6) is 0.189. The van der Waals surface area contributed by atoms with E-state index in [0.29, 0.717) is 58.1 Å². The molecule has 1 rings (SSSR count). The molecule has 0 aromatic carbocycles. The Hall–Kier alpha value is -1.45. The van der Waals surface area contributed by atoms with E-state index in [1.807, 2.05) is 0 Å². The second-order valence-corrected chi connectivity index (χ2v) is 8.59. The van der Waals surface area contributed by atoms with Crippen molar-refractivity contribution < 1.29 is 23.1 Å². The Morgan fingerprint density at radius 1 is 1.24 bits per heavy atom. The standard InChI is InChI=1S/C17H31ClN5O5P/c1-4-27-29(25,28-5-2)12-11-23(9-6-7-14(24)26-3)10-8-20-17-15(19)16(18)21-13-22-17/h13H,4-12,19H2,1-3H3,(H,20,21,22). The third-order valence-electron chi connectivity index (χ3n) is 3.98. The van der Waals surface area contributed by atoms with E-state index < -0.39 is 7.60 Å². The Morgan fingerprint density at radius 2 is 1.93 bits per heavy atom. The molecule has 166 valence electrons. The average Bonchev–Trinajstić information content (AvgIpc) is 2.69. The fraction of sp³-hybridized carbons (Fsp3) is 0.706. The highest BCUT2D eigenvalue weighted by atomic mass is 35.5. The maximum Gasteiger partial charge on any atom is 0.331 e. The van der Waals surface area contributed by atoms with Gasteiger partial charge in [-0.25, -0.2) is 9.97 Å². The van der Waals surface area contributed by atoms with Gasteiger partial charge in [-0.3, -0.25) is 9.36 Å². The summed E-state index contributed by atoms with van der Waals surface area (Å²) in [6.45, 7) is 6.41. The van der Waals surface area contributed by atoms with Crippen molar-refractivity contribution in [3.8, 4) is 0 Å². The molecule has 0 saturated heterocycles. The van der Waals surface area contributed by atoms with Crippen LogP contribution in [0, 0.1) is 0 Å². The van der Waals surface area contributed by atoms with E-state index in [4.69, 9.17) is 26.4 Å². The third-order valence-corrected chi connectivity index (χ3v) is 6.33. The van der Waals surface area contributed by atoms with Gasteiger partial charge in [0.2, 0.25) is 0 Å². The first-order valence-electron chi connectivity index (χ1n) is 9.52. The molecule has 29 heavy (non-hydrogen) atoms. The molecule has 0 atom stereocenters. The van der Waals surface area contributed by atoms with Gasteiger partial charge in [-0.1, -0.05) is 11.6 Å².